The summed E-state index contributed by atoms with van der Waals surface area (Å²) in [6.07, 6.45) is 9.85. The van der Waals surface area contributed by atoms with E-state index >= 15 is 0 Å². The molecule has 2 aliphatic rings. The fourth-order valence-electron chi connectivity index (χ4n) is 4.63. The topological polar surface area (TPSA) is 131 Å². The molecule has 0 saturated heterocycles. The Hall–Kier alpha value is -3.05. The van der Waals surface area contributed by atoms with Crippen molar-refractivity contribution in [3.63, 3.8) is 0 Å². The molecule has 0 aliphatic heterocycles. The van der Waals surface area contributed by atoms with Crippen LogP contribution in [0.5, 0.6) is 0 Å². The van der Waals surface area contributed by atoms with Crippen molar-refractivity contribution in [2.24, 2.45) is 5.92 Å². The minimum absolute atomic E-state index is 0.0420. The lowest BCUT2D eigenvalue weighted by molar-refractivity contribution is -0.140. The quantitative estimate of drug-likeness (QED) is 0.424. The fourth-order valence-corrected chi connectivity index (χ4v) is 5.75. The number of esters is 1. The zero-order chi connectivity index (χ0) is 26.4. The number of anilines is 2. The van der Waals surface area contributed by atoms with E-state index in [1.54, 1.807) is 19.1 Å². The minimum atomic E-state index is -3.81. The molecule has 200 valence electrons. The molecular weight excluding hydrogens is 494 g/mol. The minimum Gasteiger partial charge on any atom is -0.469 e. The van der Waals surface area contributed by atoms with E-state index in [2.05, 4.69) is 29.6 Å². The first-order chi connectivity index (χ1) is 17.8. The highest BCUT2D eigenvalue weighted by Crippen LogP contribution is 2.34. The summed E-state index contributed by atoms with van der Waals surface area (Å²) < 4.78 is 32.0. The zero-order valence-corrected chi connectivity index (χ0v) is 22.2. The molecule has 2 aromatic rings. The Morgan fingerprint density at radius 1 is 1.08 bits per heavy atom. The van der Waals surface area contributed by atoms with Crippen LogP contribution in [0.3, 0.4) is 0 Å². The number of rotatable bonds is 11. The number of aryl methyl sites for hydroxylation is 1. The van der Waals surface area contributed by atoms with Gasteiger partial charge >= 0.3 is 5.97 Å². The average molecular weight is 530 g/mol. The van der Waals surface area contributed by atoms with Crippen LogP contribution in [0.2, 0.25) is 0 Å². The summed E-state index contributed by atoms with van der Waals surface area (Å²) in [6, 6.07) is 6.63. The SMILES string of the molecule is COC(=O)CCNS(=O)(=O)c1ccc(NC(=O)c2cc(N(CC3CC3)C3CCCCC3)ncn2)c(C)c1. The van der Waals surface area contributed by atoms with Crippen LogP contribution in [0.4, 0.5) is 11.5 Å². The monoisotopic (exact) mass is 529 g/mol. The van der Waals surface area contributed by atoms with Crippen LogP contribution in [-0.2, 0) is 19.6 Å². The third kappa shape index (κ3) is 7.26. The molecule has 0 radical (unpaired) electrons. The number of methoxy groups -OCH3 is 1. The number of ether oxygens (including phenoxy) is 1. The lowest BCUT2D eigenvalue weighted by Gasteiger charge is -2.35. The van der Waals surface area contributed by atoms with E-state index in [-0.39, 0.29) is 29.5 Å². The predicted molar refractivity (Wildman–Crippen MR) is 140 cm³/mol. The largest absolute Gasteiger partial charge is 0.469 e. The van der Waals surface area contributed by atoms with Gasteiger partial charge in [-0.1, -0.05) is 19.3 Å². The van der Waals surface area contributed by atoms with Gasteiger partial charge < -0.3 is 15.0 Å². The molecule has 10 nitrogen and oxygen atoms in total. The number of nitrogens with one attached hydrogen (secondary N) is 2. The summed E-state index contributed by atoms with van der Waals surface area (Å²) in [4.78, 5) is 35.4. The Morgan fingerprint density at radius 2 is 1.84 bits per heavy atom. The van der Waals surface area contributed by atoms with Crippen LogP contribution in [0, 0.1) is 12.8 Å². The second kappa shape index (κ2) is 12.0. The van der Waals surface area contributed by atoms with Crippen molar-refractivity contribution < 1.29 is 22.7 Å². The van der Waals surface area contributed by atoms with Crippen LogP contribution < -0.4 is 14.9 Å². The van der Waals surface area contributed by atoms with Crippen molar-refractivity contribution in [3.8, 4) is 0 Å². The fraction of sp³-hybridized carbons (Fsp3) is 0.538. The maximum Gasteiger partial charge on any atom is 0.306 e. The third-order valence-electron chi connectivity index (χ3n) is 6.95. The summed E-state index contributed by atoms with van der Waals surface area (Å²) in [5.41, 5.74) is 1.33. The molecule has 0 unspecified atom stereocenters. The standard InChI is InChI=1S/C26H35N5O5S/c1-18-14-21(37(34,35)29-13-12-25(32)36-2)10-11-22(18)30-26(33)23-15-24(28-17-27-23)31(16-19-8-9-19)20-6-4-3-5-7-20/h10-11,14-15,17,19-20,29H,3-9,12-13,16H2,1-2H3,(H,30,33). The van der Waals surface area contributed by atoms with Gasteiger partial charge in [-0.05, 0) is 62.3 Å². The molecular formula is C26H35N5O5S. The van der Waals surface area contributed by atoms with Gasteiger partial charge in [-0.3, -0.25) is 9.59 Å². The van der Waals surface area contributed by atoms with Gasteiger partial charge in [0, 0.05) is 30.9 Å². The number of carbonyl (C=O) groups is 2. The normalized spacial score (nSPS) is 16.3. The van der Waals surface area contributed by atoms with Crippen molar-refractivity contribution in [2.45, 2.75) is 69.2 Å². The number of amides is 1. The van der Waals surface area contributed by atoms with Crippen molar-refractivity contribution in [1.29, 1.82) is 0 Å². The first-order valence-electron chi connectivity index (χ1n) is 12.8. The molecule has 4 rings (SSSR count). The van der Waals surface area contributed by atoms with Gasteiger partial charge in [-0.2, -0.15) is 0 Å². The number of nitrogens with zero attached hydrogens (tertiary/aromatic N) is 3. The van der Waals surface area contributed by atoms with Crippen molar-refractivity contribution in [1.82, 2.24) is 14.7 Å². The van der Waals surface area contributed by atoms with E-state index < -0.39 is 16.0 Å². The summed E-state index contributed by atoms with van der Waals surface area (Å²) >= 11 is 0. The van der Waals surface area contributed by atoms with Gasteiger partial charge in [-0.15, -0.1) is 0 Å². The number of hydrogen-bond acceptors (Lipinski definition) is 8. The highest BCUT2D eigenvalue weighted by molar-refractivity contribution is 7.89. The average Bonchev–Trinajstić information content (AvgIpc) is 3.73. The molecule has 1 heterocycles. The smallest absolute Gasteiger partial charge is 0.306 e. The molecule has 11 heteroatoms. The molecule has 2 saturated carbocycles. The Balaban J connectivity index is 1.44. The highest BCUT2D eigenvalue weighted by atomic mass is 32.2. The zero-order valence-electron chi connectivity index (χ0n) is 21.4. The molecule has 0 spiro atoms. The van der Waals surface area contributed by atoms with Crippen LogP contribution in [0.15, 0.2) is 35.5 Å². The Bertz CT molecular complexity index is 1230. The lowest BCUT2D eigenvalue weighted by atomic mass is 9.94. The second-order valence-electron chi connectivity index (χ2n) is 9.80. The van der Waals surface area contributed by atoms with Crippen LogP contribution >= 0.6 is 0 Å². The molecule has 1 aromatic heterocycles. The van der Waals surface area contributed by atoms with Crippen molar-refractivity contribution in [2.75, 3.05) is 30.4 Å². The maximum atomic E-state index is 13.1. The van der Waals surface area contributed by atoms with E-state index in [9.17, 15) is 18.0 Å². The van der Waals surface area contributed by atoms with Gasteiger partial charge in [0.1, 0.15) is 17.8 Å². The summed E-state index contributed by atoms with van der Waals surface area (Å²) in [7, 11) is -2.57. The Kier molecular flexibility index (Phi) is 8.75. The number of benzene rings is 1. The summed E-state index contributed by atoms with van der Waals surface area (Å²) in [5.74, 6) is 0.601. The highest BCUT2D eigenvalue weighted by Gasteiger charge is 2.30. The number of hydrogen-bond donors (Lipinski definition) is 2. The second-order valence-corrected chi connectivity index (χ2v) is 11.6. The van der Waals surface area contributed by atoms with E-state index in [1.165, 1.54) is 57.7 Å². The van der Waals surface area contributed by atoms with E-state index in [0.29, 0.717) is 23.2 Å². The third-order valence-corrected chi connectivity index (χ3v) is 8.41. The molecule has 2 aliphatic carbocycles. The van der Waals surface area contributed by atoms with E-state index in [0.717, 1.165) is 25.2 Å². The van der Waals surface area contributed by atoms with Crippen LogP contribution in [0.25, 0.3) is 0 Å². The van der Waals surface area contributed by atoms with Gasteiger partial charge in [0.2, 0.25) is 10.0 Å². The van der Waals surface area contributed by atoms with Crippen LogP contribution in [-0.4, -0.2) is 56.5 Å². The Labute approximate surface area is 218 Å². The van der Waals surface area contributed by atoms with Crippen molar-refractivity contribution in [3.05, 3.63) is 41.9 Å². The maximum absolute atomic E-state index is 13.1. The van der Waals surface area contributed by atoms with Crippen LogP contribution in [0.1, 0.15) is 67.4 Å². The molecule has 2 fully saturated rings. The molecule has 0 atom stereocenters. The molecule has 1 aromatic carbocycles. The predicted octanol–water partition coefficient (Wildman–Crippen LogP) is 3.43. The lowest BCUT2D eigenvalue weighted by Crippen LogP contribution is -2.39. The summed E-state index contributed by atoms with van der Waals surface area (Å²) in [5, 5.41) is 2.85. The van der Waals surface area contributed by atoms with Gasteiger partial charge in [0.15, 0.2) is 0 Å². The molecule has 37 heavy (non-hydrogen) atoms. The molecule has 2 N–H and O–H groups in total. The number of carbonyl (C=O) groups excluding carboxylic acids is 2. The van der Waals surface area contributed by atoms with Gasteiger partial charge in [0.25, 0.3) is 5.91 Å². The number of aromatic nitrogens is 2. The molecule has 1 amide bonds. The van der Waals surface area contributed by atoms with E-state index in [1.807, 2.05) is 0 Å². The van der Waals surface area contributed by atoms with Gasteiger partial charge in [-0.25, -0.2) is 23.1 Å². The first-order valence-corrected chi connectivity index (χ1v) is 14.3. The first kappa shape index (κ1) is 27.0. The van der Waals surface area contributed by atoms with E-state index in [4.69, 9.17) is 0 Å². The number of sulfonamides is 1. The van der Waals surface area contributed by atoms with Gasteiger partial charge in [0.05, 0.1) is 18.4 Å². The summed E-state index contributed by atoms with van der Waals surface area (Å²) in [6.45, 7) is 2.61. The van der Waals surface area contributed by atoms with Crippen molar-refractivity contribution >= 4 is 33.4 Å². The molecule has 0 bridgehead atoms. The Morgan fingerprint density at radius 3 is 2.51 bits per heavy atom.